The molecule has 2 heterocycles. The van der Waals surface area contributed by atoms with Crippen LogP contribution in [0.25, 0.3) is 6.08 Å². The van der Waals surface area contributed by atoms with Gasteiger partial charge in [0.1, 0.15) is 11.3 Å². The zero-order valence-corrected chi connectivity index (χ0v) is 17.5. The van der Waals surface area contributed by atoms with Crippen molar-refractivity contribution in [3.8, 4) is 0 Å². The van der Waals surface area contributed by atoms with Gasteiger partial charge in [0.15, 0.2) is 8.88 Å². The van der Waals surface area contributed by atoms with E-state index in [0.717, 1.165) is 5.56 Å². The van der Waals surface area contributed by atoms with Crippen molar-refractivity contribution in [2.24, 2.45) is 0 Å². The third-order valence-corrected chi connectivity index (χ3v) is 4.84. The van der Waals surface area contributed by atoms with Gasteiger partial charge in [0.2, 0.25) is 0 Å². The van der Waals surface area contributed by atoms with Crippen LogP contribution in [0.3, 0.4) is 0 Å². The number of rotatable bonds is 2. The van der Waals surface area contributed by atoms with Crippen molar-refractivity contribution in [3.05, 3.63) is 57.1 Å². The van der Waals surface area contributed by atoms with Crippen molar-refractivity contribution in [1.29, 1.82) is 0 Å². The second-order valence-electron chi connectivity index (χ2n) is 6.90. The Morgan fingerprint density at radius 3 is 2.31 bits per heavy atom. The number of hydrogen-bond donors (Lipinski definition) is 1. The van der Waals surface area contributed by atoms with Crippen LogP contribution < -0.4 is 10.2 Å². The first-order valence-electron chi connectivity index (χ1n) is 7.94. The lowest BCUT2D eigenvalue weighted by Gasteiger charge is -2.29. The topological polar surface area (TPSA) is 62.6 Å². The van der Waals surface area contributed by atoms with Crippen molar-refractivity contribution in [2.75, 3.05) is 4.90 Å². The van der Waals surface area contributed by atoms with Crippen LogP contribution in [0.15, 0.2) is 46.4 Å². The number of carbonyl (C=O) groups excluding carboxylic acids is 2. The summed E-state index contributed by atoms with van der Waals surface area (Å²) in [5.74, 6) is -0.577. The Morgan fingerprint density at radius 1 is 1.12 bits per heavy atom. The molecule has 134 valence electrons. The van der Waals surface area contributed by atoms with Gasteiger partial charge < -0.3 is 4.42 Å². The first-order valence-corrected chi connectivity index (χ1v) is 9.43. The van der Waals surface area contributed by atoms with E-state index in [1.54, 1.807) is 12.1 Å². The maximum Gasteiger partial charge on any atom is 0.270 e. The predicted molar refractivity (Wildman–Crippen MR) is 113 cm³/mol. The van der Waals surface area contributed by atoms with Gasteiger partial charge in [-0.2, -0.15) is 0 Å². The Bertz CT molecular complexity index is 923. The molecular weight excluding hydrogens is 463 g/mol. The molecule has 5 nitrogen and oxygen atoms in total. The Balaban J connectivity index is 1.96. The van der Waals surface area contributed by atoms with E-state index in [-0.39, 0.29) is 16.1 Å². The molecule has 1 aliphatic rings. The average Bonchev–Trinajstić information content (AvgIpc) is 2.96. The number of amides is 2. The van der Waals surface area contributed by atoms with Crippen molar-refractivity contribution in [1.82, 2.24) is 5.32 Å². The molecule has 1 aliphatic heterocycles. The normalized spacial score (nSPS) is 17.0. The summed E-state index contributed by atoms with van der Waals surface area (Å²) >= 11 is 7.23. The third kappa shape index (κ3) is 3.73. The molecule has 7 heteroatoms. The van der Waals surface area contributed by atoms with Crippen LogP contribution in [0, 0.1) is 3.77 Å². The quantitative estimate of drug-likeness (QED) is 0.306. The average molecular weight is 480 g/mol. The smallest absolute Gasteiger partial charge is 0.270 e. The number of carbonyl (C=O) groups is 2. The fourth-order valence-electron chi connectivity index (χ4n) is 2.55. The van der Waals surface area contributed by atoms with Gasteiger partial charge in [0.25, 0.3) is 11.8 Å². The zero-order valence-electron chi connectivity index (χ0n) is 14.5. The van der Waals surface area contributed by atoms with Gasteiger partial charge in [-0.1, -0.05) is 32.9 Å². The highest BCUT2D eigenvalue weighted by atomic mass is 127. The molecule has 0 radical (unpaired) electrons. The summed E-state index contributed by atoms with van der Waals surface area (Å²) in [6.45, 7) is 6.35. The van der Waals surface area contributed by atoms with E-state index >= 15 is 0 Å². The van der Waals surface area contributed by atoms with Crippen LogP contribution in [-0.2, 0) is 15.0 Å². The number of nitrogens with one attached hydrogen (secondary N) is 1. The minimum atomic E-state index is -0.533. The van der Waals surface area contributed by atoms with Crippen LogP contribution in [0.4, 0.5) is 5.69 Å². The number of thiocarbonyl (C=S) groups is 1. The monoisotopic (exact) mass is 480 g/mol. The van der Waals surface area contributed by atoms with Crippen LogP contribution >= 0.6 is 34.8 Å². The SMILES string of the molecule is CC(C)(C)c1ccc(N2C(=O)/C(=C\c3ccc(I)o3)C(=O)NC2=S)cc1. The van der Waals surface area contributed by atoms with Gasteiger partial charge in [0, 0.05) is 0 Å². The van der Waals surface area contributed by atoms with Crippen molar-refractivity contribution < 1.29 is 14.0 Å². The summed E-state index contributed by atoms with van der Waals surface area (Å²) in [6.07, 6.45) is 1.43. The molecule has 1 N–H and O–H groups in total. The van der Waals surface area contributed by atoms with Crippen molar-refractivity contribution >= 4 is 63.5 Å². The lowest BCUT2D eigenvalue weighted by molar-refractivity contribution is -0.122. The molecule has 2 amide bonds. The van der Waals surface area contributed by atoms with Gasteiger partial charge in [-0.05, 0) is 76.1 Å². The Morgan fingerprint density at radius 2 is 1.77 bits per heavy atom. The molecule has 0 saturated carbocycles. The first kappa shape index (κ1) is 18.8. The van der Waals surface area contributed by atoms with E-state index in [1.165, 1.54) is 11.0 Å². The Labute approximate surface area is 170 Å². The standard InChI is InChI=1S/C19H17IN2O3S/c1-19(2,3)11-4-6-12(7-5-11)22-17(24)14(16(23)21-18(22)26)10-13-8-9-15(20)25-13/h4-10H,1-3H3,(H,21,23,26)/b14-10-. The third-order valence-electron chi connectivity index (χ3n) is 3.97. The van der Waals surface area contributed by atoms with Gasteiger partial charge in [-0.25, -0.2) is 0 Å². The summed E-state index contributed by atoms with van der Waals surface area (Å²) in [4.78, 5) is 26.5. The van der Waals surface area contributed by atoms with E-state index in [0.29, 0.717) is 15.2 Å². The van der Waals surface area contributed by atoms with Gasteiger partial charge in [0.05, 0.1) is 5.69 Å². The van der Waals surface area contributed by atoms with Crippen LogP contribution in [-0.4, -0.2) is 16.9 Å². The predicted octanol–water partition coefficient (Wildman–Crippen LogP) is 4.01. The highest BCUT2D eigenvalue weighted by Gasteiger charge is 2.34. The Kier molecular flexibility index (Phi) is 5.03. The molecule has 0 spiro atoms. The highest BCUT2D eigenvalue weighted by molar-refractivity contribution is 14.1. The summed E-state index contributed by atoms with van der Waals surface area (Å²) in [5.41, 5.74) is 1.72. The molecule has 1 aromatic carbocycles. The largest absolute Gasteiger partial charge is 0.451 e. The molecule has 1 fully saturated rings. The zero-order chi connectivity index (χ0) is 19.1. The molecule has 0 bridgehead atoms. The molecular formula is C19H17IN2O3S. The van der Waals surface area contributed by atoms with Crippen molar-refractivity contribution in [2.45, 2.75) is 26.2 Å². The Hall–Kier alpha value is -2.00. The minimum absolute atomic E-state index is 0.000651. The molecule has 1 saturated heterocycles. The molecule has 0 unspecified atom stereocenters. The van der Waals surface area contributed by atoms with E-state index in [9.17, 15) is 9.59 Å². The summed E-state index contributed by atoms with van der Waals surface area (Å²) in [7, 11) is 0. The van der Waals surface area contributed by atoms with Gasteiger partial charge in [-0.15, -0.1) is 0 Å². The fraction of sp³-hybridized carbons (Fsp3) is 0.211. The number of hydrogen-bond acceptors (Lipinski definition) is 4. The lowest BCUT2D eigenvalue weighted by Crippen LogP contribution is -2.54. The van der Waals surface area contributed by atoms with Crippen LogP contribution in [0.5, 0.6) is 0 Å². The summed E-state index contributed by atoms with van der Waals surface area (Å²) in [6, 6.07) is 11.0. The number of halogens is 1. The highest BCUT2D eigenvalue weighted by Crippen LogP contribution is 2.27. The van der Waals surface area contributed by atoms with Crippen LogP contribution in [0.2, 0.25) is 0 Å². The van der Waals surface area contributed by atoms with E-state index in [1.807, 2.05) is 46.9 Å². The van der Waals surface area contributed by atoms with Gasteiger partial charge in [-0.3, -0.25) is 19.8 Å². The molecule has 3 rings (SSSR count). The second-order valence-corrected chi connectivity index (χ2v) is 8.35. The maximum atomic E-state index is 12.9. The number of furan rings is 1. The molecule has 0 aliphatic carbocycles. The maximum absolute atomic E-state index is 12.9. The first-order chi connectivity index (χ1) is 12.2. The van der Waals surface area contributed by atoms with Gasteiger partial charge >= 0.3 is 0 Å². The lowest BCUT2D eigenvalue weighted by atomic mass is 9.87. The molecule has 2 aromatic rings. The van der Waals surface area contributed by atoms with E-state index in [2.05, 4.69) is 26.1 Å². The van der Waals surface area contributed by atoms with Crippen molar-refractivity contribution in [3.63, 3.8) is 0 Å². The second kappa shape index (κ2) is 6.96. The molecule has 0 atom stereocenters. The number of benzene rings is 1. The van der Waals surface area contributed by atoms with E-state index < -0.39 is 11.8 Å². The molecule has 1 aromatic heterocycles. The summed E-state index contributed by atoms with van der Waals surface area (Å²) in [5, 5.41) is 2.63. The summed E-state index contributed by atoms with van der Waals surface area (Å²) < 4.78 is 6.10. The van der Waals surface area contributed by atoms with E-state index in [4.69, 9.17) is 16.6 Å². The minimum Gasteiger partial charge on any atom is -0.451 e. The fourth-order valence-corrected chi connectivity index (χ4v) is 3.27. The number of nitrogens with zero attached hydrogens (tertiary/aromatic N) is 1. The van der Waals surface area contributed by atoms with Crippen LogP contribution in [0.1, 0.15) is 32.1 Å². The number of anilines is 1. The molecule has 26 heavy (non-hydrogen) atoms.